The molecule has 0 heterocycles. The summed E-state index contributed by atoms with van der Waals surface area (Å²) in [4.78, 5) is 11.6. The summed E-state index contributed by atoms with van der Waals surface area (Å²) in [6.45, 7) is 15.7. The third-order valence-corrected chi connectivity index (χ3v) is 7.36. The van der Waals surface area contributed by atoms with E-state index in [4.69, 9.17) is 4.74 Å². The smallest absolute Gasteiger partial charge is 0.302 e. The molecule has 0 spiro atoms. The first-order valence-electron chi connectivity index (χ1n) is 9.99. The molecule has 2 saturated carbocycles. The molecule has 4 nitrogen and oxygen atoms in total. The number of hydrogen-bond acceptors (Lipinski definition) is 4. The Morgan fingerprint density at radius 2 is 1.92 bits per heavy atom. The van der Waals surface area contributed by atoms with Gasteiger partial charge in [0.2, 0.25) is 0 Å². The third kappa shape index (κ3) is 4.17. The van der Waals surface area contributed by atoms with Gasteiger partial charge in [-0.05, 0) is 75.0 Å². The molecule has 0 bridgehead atoms. The highest BCUT2D eigenvalue weighted by Gasteiger charge is 2.60. The molecule has 0 saturated heterocycles. The summed E-state index contributed by atoms with van der Waals surface area (Å²) in [6, 6.07) is 0. The highest BCUT2D eigenvalue weighted by atomic mass is 16.5. The van der Waals surface area contributed by atoms with Gasteiger partial charge in [0.25, 0.3) is 0 Å². The molecular weight excluding hydrogens is 328 g/mol. The minimum Gasteiger partial charge on any atom is -0.463 e. The summed E-state index contributed by atoms with van der Waals surface area (Å²) in [7, 11) is 0. The number of aliphatic hydroxyl groups is 2. The van der Waals surface area contributed by atoms with E-state index in [1.54, 1.807) is 13.0 Å². The third-order valence-electron chi connectivity index (χ3n) is 7.36. The van der Waals surface area contributed by atoms with Crippen LogP contribution in [0.2, 0.25) is 0 Å². The van der Waals surface area contributed by atoms with Gasteiger partial charge in [0.1, 0.15) is 6.10 Å². The standard InChI is InChI=1S/C22H38O4/c1-8-20(5,24)11-9-18-21(6)14-16(26-15(2)23)13-19(3,4)17(21)10-12-22(18,7)25/h8,16-18,24-25H,1,9-14H2,2-7H3/t16-,17-,18+,20-,21-,22+/m0/s1. The molecule has 0 aromatic heterocycles. The van der Waals surface area contributed by atoms with E-state index in [0.717, 1.165) is 32.1 Å². The summed E-state index contributed by atoms with van der Waals surface area (Å²) >= 11 is 0. The van der Waals surface area contributed by atoms with E-state index in [0.29, 0.717) is 12.3 Å². The average molecular weight is 367 g/mol. The largest absolute Gasteiger partial charge is 0.463 e. The lowest BCUT2D eigenvalue weighted by molar-refractivity contribution is -0.199. The van der Waals surface area contributed by atoms with Gasteiger partial charge in [-0.2, -0.15) is 0 Å². The van der Waals surface area contributed by atoms with E-state index < -0.39 is 11.2 Å². The normalized spacial score (nSPS) is 41.6. The lowest BCUT2D eigenvalue weighted by Gasteiger charge is -2.62. The molecule has 0 unspecified atom stereocenters. The number of ether oxygens (including phenoxy) is 1. The van der Waals surface area contributed by atoms with Crippen molar-refractivity contribution in [1.29, 1.82) is 0 Å². The summed E-state index contributed by atoms with van der Waals surface area (Å²) in [5.74, 6) is 0.264. The Morgan fingerprint density at radius 3 is 2.46 bits per heavy atom. The number of carbonyl (C=O) groups is 1. The minimum absolute atomic E-state index is 0.0396. The van der Waals surface area contributed by atoms with Crippen molar-refractivity contribution in [2.75, 3.05) is 0 Å². The second-order valence-corrected chi connectivity index (χ2v) is 10.2. The van der Waals surface area contributed by atoms with Crippen LogP contribution < -0.4 is 0 Å². The zero-order valence-corrected chi connectivity index (χ0v) is 17.5. The molecule has 26 heavy (non-hydrogen) atoms. The van der Waals surface area contributed by atoms with Crippen LogP contribution in [0.15, 0.2) is 12.7 Å². The number of rotatable bonds is 5. The Hall–Kier alpha value is -0.870. The first-order valence-corrected chi connectivity index (χ1v) is 9.99. The zero-order chi connectivity index (χ0) is 20.0. The molecule has 2 fully saturated rings. The molecule has 2 rings (SSSR count). The first-order chi connectivity index (χ1) is 11.7. The Bertz CT molecular complexity index is 548. The summed E-state index contributed by atoms with van der Waals surface area (Å²) < 4.78 is 5.64. The van der Waals surface area contributed by atoms with Gasteiger partial charge in [-0.25, -0.2) is 0 Å². The van der Waals surface area contributed by atoms with Gasteiger partial charge in [0, 0.05) is 6.92 Å². The van der Waals surface area contributed by atoms with Gasteiger partial charge in [0.15, 0.2) is 0 Å². The van der Waals surface area contributed by atoms with Crippen molar-refractivity contribution in [2.45, 2.75) is 97.4 Å². The van der Waals surface area contributed by atoms with Gasteiger partial charge in [-0.3, -0.25) is 4.79 Å². The van der Waals surface area contributed by atoms with Gasteiger partial charge in [-0.1, -0.05) is 26.8 Å². The molecule has 2 aliphatic rings. The second kappa shape index (κ2) is 6.94. The topological polar surface area (TPSA) is 66.8 Å². The van der Waals surface area contributed by atoms with E-state index in [-0.39, 0.29) is 28.8 Å². The lowest BCUT2D eigenvalue weighted by Crippen LogP contribution is -2.60. The molecule has 150 valence electrons. The number of esters is 1. The fourth-order valence-electron chi connectivity index (χ4n) is 6.25. The predicted molar refractivity (Wildman–Crippen MR) is 104 cm³/mol. The van der Waals surface area contributed by atoms with Crippen LogP contribution in [0.25, 0.3) is 0 Å². The first kappa shape index (κ1) is 21.4. The molecule has 0 amide bonds. The van der Waals surface area contributed by atoms with Gasteiger partial charge in [0.05, 0.1) is 11.2 Å². The maximum atomic E-state index is 11.6. The Balaban J connectivity index is 2.36. The molecule has 6 atom stereocenters. The molecule has 2 aliphatic carbocycles. The summed E-state index contributed by atoms with van der Waals surface area (Å²) in [5.41, 5.74) is -1.81. The van der Waals surface area contributed by atoms with Crippen molar-refractivity contribution < 1.29 is 19.7 Å². The lowest BCUT2D eigenvalue weighted by atomic mass is 9.44. The van der Waals surface area contributed by atoms with E-state index in [2.05, 4.69) is 27.4 Å². The second-order valence-electron chi connectivity index (χ2n) is 10.2. The van der Waals surface area contributed by atoms with E-state index in [1.165, 1.54) is 6.92 Å². The van der Waals surface area contributed by atoms with Crippen LogP contribution in [0.5, 0.6) is 0 Å². The van der Waals surface area contributed by atoms with Crippen molar-refractivity contribution in [3.63, 3.8) is 0 Å². The van der Waals surface area contributed by atoms with Crippen molar-refractivity contribution in [3.05, 3.63) is 12.7 Å². The van der Waals surface area contributed by atoms with Crippen LogP contribution in [-0.2, 0) is 9.53 Å². The van der Waals surface area contributed by atoms with Crippen molar-refractivity contribution in [1.82, 2.24) is 0 Å². The fourth-order valence-corrected chi connectivity index (χ4v) is 6.25. The Kier molecular flexibility index (Phi) is 5.72. The summed E-state index contributed by atoms with van der Waals surface area (Å²) in [5, 5.41) is 21.6. The Labute approximate surface area is 159 Å². The SMILES string of the molecule is C=C[C@](C)(O)CC[C@@H]1[C@@]2(C)C[C@@H](OC(C)=O)CC(C)(C)[C@@H]2CC[C@@]1(C)O. The summed E-state index contributed by atoms with van der Waals surface area (Å²) in [6.07, 6.45) is 6.16. The van der Waals surface area contributed by atoms with Crippen LogP contribution >= 0.6 is 0 Å². The monoisotopic (exact) mass is 366 g/mol. The highest BCUT2D eigenvalue weighted by Crippen LogP contribution is 2.63. The van der Waals surface area contributed by atoms with E-state index in [1.807, 2.05) is 6.92 Å². The average Bonchev–Trinajstić information content (AvgIpc) is 2.43. The number of hydrogen-bond donors (Lipinski definition) is 2. The maximum absolute atomic E-state index is 11.6. The maximum Gasteiger partial charge on any atom is 0.302 e. The van der Waals surface area contributed by atoms with Gasteiger partial charge >= 0.3 is 5.97 Å². The quantitative estimate of drug-likeness (QED) is 0.564. The molecule has 2 N–H and O–H groups in total. The molecule has 4 heteroatoms. The minimum atomic E-state index is -0.932. The van der Waals surface area contributed by atoms with Crippen molar-refractivity contribution in [2.24, 2.45) is 22.7 Å². The van der Waals surface area contributed by atoms with Crippen LogP contribution in [0, 0.1) is 22.7 Å². The molecule has 0 aromatic rings. The fraction of sp³-hybridized carbons (Fsp3) is 0.864. The number of fused-ring (bicyclic) bond motifs is 1. The van der Waals surface area contributed by atoms with Crippen molar-refractivity contribution >= 4 is 5.97 Å². The van der Waals surface area contributed by atoms with E-state index in [9.17, 15) is 15.0 Å². The zero-order valence-electron chi connectivity index (χ0n) is 17.5. The number of carbonyl (C=O) groups excluding carboxylic acids is 1. The van der Waals surface area contributed by atoms with E-state index >= 15 is 0 Å². The molecule has 0 aliphatic heterocycles. The van der Waals surface area contributed by atoms with Crippen LogP contribution in [0.3, 0.4) is 0 Å². The molecule has 0 radical (unpaired) electrons. The highest BCUT2D eigenvalue weighted by molar-refractivity contribution is 5.66. The molecular formula is C22H38O4. The van der Waals surface area contributed by atoms with Crippen LogP contribution in [-0.4, -0.2) is 33.5 Å². The van der Waals surface area contributed by atoms with Gasteiger partial charge in [-0.15, -0.1) is 6.58 Å². The van der Waals surface area contributed by atoms with Gasteiger partial charge < -0.3 is 14.9 Å². The predicted octanol–water partition coefficient (Wildman–Crippen LogP) is 4.24. The Morgan fingerprint density at radius 1 is 1.31 bits per heavy atom. The molecule has 0 aromatic carbocycles. The van der Waals surface area contributed by atoms with Crippen LogP contribution in [0.1, 0.15) is 80.1 Å². The van der Waals surface area contributed by atoms with Crippen molar-refractivity contribution in [3.8, 4) is 0 Å². The van der Waals surface area contributed by atoms with Crippen LogP contribution in [0.4, 0.5) is 0 Å².